The van der Waals surface area contributed by atoms with Crippen LogP contribution in [-0.4, -0.2) is 11.9 Å². The molecule has 0 spiro atoms. The van der Waals surface area contributed by atoms with Gasteiger partial charge in [-0.3, -0.25) is 4.79 Å². The van der Waals surface area contributed by atoms with E-state index in [1.54, 1.807) is 11.3 Å². The summed E-state index contributed by atoms with van der Waals surface area (Å²) in [6.45, 7) is 6.98. The Kier molecular flexibility index (Phi) is 5.09. The van der Waals surface area contributed by atoms with Crippen LogP contribution in [0.1, 0.15) is 56.8 Å². The van der Waals surface area contributed by atoms with Gasteiger partial charge < -0.3 is 5.32 Å². The molecular formula is C21H27NOS. The van der Waals surface area contributed by atoms with Crippen molar-refractivity contribution >= 4 is 17.2 Å². The Bertz CT molecular complexity index is 659. The van der Waals surface area contributed by atoms with Crippen LogP contribution in [0.25, 0.3) is 10.4 Å². The van der Waals surface area contributed by atoms with Gasteiger partial charge in [-0.05, 0) is 66.2 Å². The predicted octanol–water partition coefficient (Wildman–Crippen LogP) is 5.75. The van der Waals surface area contributed by atoms with E-state index in [1.165, 1.54) is 23.3 Å². The quantitative estimate of drug-likeness (QED) is 0.756. The Morgan fingerprint density at radius 1 is 1.04 bits per heavy atom. The summed E-state index contributed by atoms with van der Waals surface area (Å²) in [5.41, 5.74) is 2.31. The van der Waals surface area contributed by atoms with Crippen molar-refractivity contribution in [1.82, 2.24) is 5.32 Å². The lowest BCUT2D eigenvalue weighted by molar-refractivity contribution is 0.0904. The molecule has 1 saturated carbocycles. The summed E-state index contributed by atoms with van der Waals surface area (Å²) in [6, 6.07) is 12.4. The molecule has 0 bridgehead atoms. The zero-order valence-electron chi connectivity index (χ0n) is 14.8. The minimum atomic E-state index is 0.0620. The smallest absolute Gasteiger partial charge is 0.251 e. The van der Waals surface area contributed by atoms with Crippen molar-refractivity contribution in [3.63, 3.8) is 0 Å². The maximum atomic E-state index is 12.5. The molecule has 24 heavy (non-hydrogen) atoms. The van der Waals surface area contributed by atoms with E-state index in [1.807, 2.05) is 24.3 Å². The number of carbonyl (C=O) groups excluding carboxylic acids is 1. The Morgan fingerprint density at radius 3 is 2.25 bits per heavy atom. The molecule has 0 unspecified atom stereocenters. The lowest BCUT2D eigenvalue weighted by atomic mass is 9.71. The topological polar surface area (TPSA) is 29.1 Å². The average Bonchev–Trinajstić information content (AvgIpc) is 3.09. The first-order valence-electron chi connectivity index (χ1n) is 8.88. The van der Waals surface area contributed by atoms with Crippen LogP contribution in [0.3, 0.4) is 0 Å². The lowest BCUT2D eigenvalue weighted by Gasteiger charge is -2.37. The van der Waals surface area contributed by atoms with Gasteiger partial charge in [0.2, 0.25) is 0 Å². The summed E-state index contributed by atoms with van der Waals surface area (Å²) in [4.78, 5) is 13.7. The Morgan fingerprint density at radius 2 is 1.71 bits per heavy atom. The van der Waals surface area contributed by atoms with Crippen LogP contribution in [0.4, 0.5) is 0 Å². The number of hydrogen-bond acceptors (Lipinski definition) is 2. The van der Waals surface area contributed by atoms with Gasteiger partial charge in [-0.1, -0.05) is 39.0 Å². The van der Waals surface area contributed by atoms with Gasteiger partial charge in [0.25, 0.3) is 5.91 Å². The minimum Gasteiger partial charge on any atom is -0.349 e. The third-order valence-corrected chi connectivity index (χ3v) is 6.16. The van der Waals surface area contributed by atoms with Crippen LogP contribution < -0.4 is 5.32 Å². The summed E-state index contributed by atoms with van der Waals surface area (Å²) in [5, 5.41) is 5.30. The summed E-state index contributed by atoms with van der Waals surface area (Å²) < 4.78 is 0. The van der Waals surface area contributed by atoms with Crippen molar-refractivity contribution in [2.24, 2.45) is 11.3 Å². The highest BCUT2D eigenvalue weighted by molar-refractivity contribution is 7.13. The van der Waals surface area contributed by atoms with Crippen molar-refractivity contribution in [3.8, 4) is 10.4 Å². The third-order valence-electron chi connectivity index (χ3n) is 5.24. The van der Waals surface area contributed by atoms with Gasteiger partial charge in [0, 0.05) is 16.5 Å². The lowest BCUT2D eigenvalue weighted by Crippen LogP contribution is -2.39. The van der Waals surface area contributed by atoms with E-state index in [2.05, 4.69) is 43.6 Å². The van der Waals surface area contributed by atoms with E-state index < -0.39 is 0 Å². The molecule has 2 nitrogen and oxygen atoms in total. The first-order chi connectivity index (χ1) is 11.4. The standard InChI is InChI=1S/C21H27NOS/c1-21(2,3)17-10-12-18(13-11-17)22-20(23)16-8-6-15(7-9-16)19-5-4-14-24-19/h4-9,14,17-18H,10-13H2,1-3H3,(H,22,23). The largest absolute Gasteiger partial charge is 0.349 e. The molecule has 1 N–H and O–H groups in total. The molecule has 1 fully saturated rings. The number of thiophene rings is 1. The fraction of sp³-hybridized carbons (Fsp3) is 0.476. The summed E-state index contributed by atoms with van der Waals surface area (Å²) in [5.74, 6) is 0.836. The highest BCUT2D eigenvalue weighted by Gasteiger charge is 2.30. The molecule has 2 aromatic rings. The van der Waals surface area contributed by atoms with Gasteiger partial charge in [-0.2, -0.15) is 0 Å². The molecule has 1 aromatic heterocycles. The second kappa shape index (κ2) is 7.10. The van der Waals surface area contributed by atoms with Gasteiger partial charge in [0.05, 0.1) is 0 Å². The molecule has 128 valence electrons. The third kappa shape index (κ3) is 4.07. The fourth-order valence-electron chi connectivity index (χ4n) is 3.60. The normalized spacial score (nSPS) is 21.5. The summed E-state index contributed by atoms with van der Waals surface area (Å²) in [6.07, 6.45) is 4.62. The number of carbonyl (C=O) groups is 1. The van der Waals surface area contributed by atoms with Crippen molar-refractivity contribution in [3.05, 3.63) is 47.3 Å². The number of hydrogen-bond donors (Lipinski definition) is 1. The van der Waals surface area contributed by atoms with Gasteiger partial charge in [0.1, 0.15) is 0 Å². The van der Waals surface area contributed by atoms with E-state index in [0.29, 0.717) is 11.5 Å². The molecule has 0 atom stereocenters. The molecule has 0 aliphatic heterocycles. The second-order valence-electron chi connectivity index (χ2n) is 7.94. The SMILES string of the molecule is CC(C)(C)C1CCC(NC(=O)c2ccc(-c3cccs3)cc2)CC1. The number of benzene rings is 1. The maximum absolute atomic E-state index is 12.5. The van der Waals surface area contributed by atoms with Crippen LogP contribution in [-0.2, 0) is 0 Å². The highest BCUT2D eigenvalue weighted by Crippen LogP contribution is 2.37. The first-order valence-corrected chi connectivity index (χ1v) is 9.76. The van der Waals surface area contributed by atoms with Gasteiger partial charge in [-0.25, -0.2) is 0 Å². The van der Waals surface area contributed by atoms with Gasteiger partial charge >= 0.3 is 0 Å². The van der Waals surface area contributed by atoms with Crippen molar-refractivity contribution in [2.75, 3.05) is 0 Å². The van der Waals surface area contributed by atoms with E-state index in [4.69, 9.17) is 0 Å². The van der Waals surface area contributed by atoms with Crippen LogP contribution >= 0.6 is 11.3 Å². The van der Waals surface area contributed by atoms with E-state index in [-0.39, 0.29) is 5.91 Å². The monoisotopic (exact) mass is 341 g/mol. The van der Waals surface area contributed by atoms with Crippen molar-refractivity contribution in [1.29, 1.82) is 0 Å². The maximum Gasteiger partial charge on any atom is 0.251 e. The van der Waals surface area contributed by atoms with Crippen LogP contribution in [0.5, 0.6) is 0 Å². The molecule has 1 amide bonds. The molecule has 3 rings (SSSR count). The first kappa shape index (κ1) is 17.2. The molecular weight excluding hydrogens is 314 g/mol. The Hall–Kier alpha value is -1.61. The molecule has 1 aliphatic rings. The number of amides is 1. The average molecular weight is 342 g/mol. The van der Waals surface area contributed by atoms with E-state index >= 15 is 0 Å². The predicted molar refractivity (Wildman–Crippen MR) is 102 cm³/mol. The second-order valence-corrected chi connectivity index (χ2v) is 8.89. The molecule has 3 heteroatoms. The molecule has 1 aliphatic carbocycles. The Balaban J connectivity index is 1.56. The molecule has 0 saturated heterocycles. The number of rotatable bonds is 3. The van der Waals surface area contributed by atoms with Crippen LogP contribution in [0.2, 0.25) is 0 Å². The zero-order valence-corrected chi connectivity index (χ0v) is 15.7. The van der Waals surface area contributed by atoms with E-state index in [9.17, 15) is 4.79 Å². The number of nitrogens with one attached hydrogen (secondary N) is 1. The minimum absolute atomic E-state index is 0.0620. The van der Waals surface area contributed by atoms with E-state index in [0.717, 1.165) is 24.3 Å². The van der Waals surface area contributed by atoms with Gasteiger partial charge in [0.15, 0.2) is 0 Å². The fourth-order valence-corrected chi connectivity index (χ4v) is 4.33. The summed E-state index contributed by atoms with van der Waals surface area (Å²) >= 11 is 1.72. The van der Waals surface area contributed by atoms with Crippen LogP contribution in [0, 0.1) is 11.3 Å². The van der Waals surface area contributed by atoms with Crippen molar-refractivity contribution in [2.45, 2.75) is 52.5 Å². The molecule has 0 radical (unpaired) electrons. The van der Waals surface area contributed by atoms with Gasteiger partial charge in [-0.15, -0.1) is 11.3 Å². The highest BCUT2D eigenvalue weighted by atomic mass is 32.1. The molecule has 1 heterocycles. The Labute approximate surface area is 149 Å². The van der Waals surface area contributed by atoms with Crippen LogP contribution in [0.15, 0.2) is 41.8 Å². The molecule has 1 aromatic carbocycles. The summed E-state index contributed by atoms with van der Waals surface area (Å²) in [7, 11) is 0. The van der Waals surface area contributed by atoms with Crippen molar-refractivity contribution < 1.29 is 4.79 Å². The zero-order chi connectivity index (χ0) is 17.2.